The van der Waals surface area contributed by atoms with Gasteiger partial charge in [-0.1, -0.05) is 23.0 Å². The molecule has 6 nitrogen and oxygen atoms in total. The lowest BCUT2D eigenvalue weighted by Crippen LogP contribution is -2.48. The molecule has 0 aliphatic carbocycles. The molecule has 2 rings (SSSR count). The van der Waals surface area contributed by atoms with Crippen molar-refractivity contribution >= 4 is 40.6 Å². The highest BCUT2D eigenvalue weighted by Gasteiger charge is 2.26. The minimum Gasteiger partial charge on any atom is -0.350 e. The monoisotopic (exact) mass is 384 g/mol. The largest absolute Gasteiger partial charge is 0.350 e. The lowest BCUT2D eigenvalue weighted by Gasteiger charge is -2.27. The number of nitrogens with one attached hydrogen (secondary N) is 1. The van der Waals surface area contributed by atoms with Gasteiger partial charge in [0, 0.05) is 16.6 Å². The molecular weight excluding hydrogens is 367 g/mol. The Bertz CT molecular complexity index is 768. The SMILES string of the molecule is CCC(C)(C)NC(=O)CN(C(=O)c1csnn1)c1ccc(F)c(Cl)c1. The van der Waals surface area contributed by atoms with Crippen LogP contribution in [0.2, 0.25) is 5.02 Å². The third-order valence-corrected chi connectivity index (χ3v) is 4.50. The highest BCUT2D eigenvalue weighted by molar-refractivity contribution is 7.03. The fourth-order valence-corrected chi connectivity index (χ4v) is 2.58. The first-order valence-electron chi connectivity index (χ1n) is 7.58. The number of amides is 2. The van der Waals surface area contributed by atoms with Gasteiger partial charge in [0.2, 0.25) is 5.91 Å². The van der Waals surface area contributed by atoms with Crippen LogP contribution in [0.5, 0.6) is 0 Å². The number of carbonyl (C=O) groups is 2. The van der Waals surface area contributed by atoms with E-state index >= 15 is 0 Å². The molecule has 1 heterocycles. The van der Waals surface area contributed by atoms with Gasteiger partial charge in [-0.15, -0.1) is 5.10 Å². The maximum atomic E-state index is 13.4. The second kappa shape index (κ2) is 7.88. The van der Waals surface area contributed by atoms with Crippen LogP contribution in [0.4, 0.5) is 10.1 Å². The van der Waals surface area contributed by atoms with Gasteiger partial charge in [0.1, 0.15) is 12.4 Å². The van der Waals surface area contributed by atoms with Gasteiger partial charge in [-0.2, -0.15) is 0 Å². The van der Waals surface area contributed by atoms with Gasteiger partial charge in [0.05, 0.1) is 5.02 Å². The number of halogens is 2. The van der Waals surface area contributed by atoms with E-state index in [0.29, 0.717) is 5.69 Å². The zero-order chi connectivity index (χ0) is 18.6. The highest BCUT2D eigenvalue weighted by atomic mass is 35.5. The molecule has 0 atom stereocenters. The number of nitrogens with zero attached hydrogens (tertiary/aromatic N) is 3. The van der Waals surface area contributed by atoms with Gasteiger partial charge < -0.3 is 5.32 Å². The van der Waals surface area contributed by atoms with Gasteiger partial charge in [-0.05, 0) is 50.0 Å². The summed E-state index contributed by atoms with van der Waals surface area (Å²) in [5.74, 6) is -1.46. The van der Waals surface area contributed by atoms with Crippen molar-refractivity contribution in [1.82, 2.24) is 14.9 Å². The van der Waals surface area contributed by atoms with E-state index in [0.717, 1.165) is 24.0 Å². The van der Waals surface area contributed by atoms with Crippen molar-refractivity contribution in [3.8, 4) is 0 Å². The van der Waals surface area contributed by atoms with E-state index in [1.165, 1.54) is 22.4 Å². The van der Waals surface area contributed by atoms with Crippen LogP contribution in [-0.2, 0) is 4.79 Å². The Kier molecular flexibility index (Phi) is 6.07. The number of anilines is 1. The summed E-state index contributed by atoms with van der Waals surface area (Å²) in [4.78, 5) is 26.3. The first-order valence-corrected chi connectivity index (χ1v) is 8.80. The van der Waals surface area contributed by atoms with E-state index in [-0.39, 0.29) is 23.2 Å². The number of hydrogen-bond donors (Lipinski definition) is 1. The van der Waals surface area contributed by atoms with Gasteiger partial charge in [0.25, 0.3) is 5.91 Å². The van der Waals surface area contributed by atoms with Gasteiger partial charge in [-0.3, -0.25) is 14.5 Å². The number of benzene rings is 1. The summed E-state index contributed by atoms with van der Waals surface area (Å²) in [7, 11) is 0. The first-order chi connectivity index (χ1) is 11.7. The van der Waals surface area contributed by atoms with Crippen LogP contribution in [0.3, 0.4) is 0 Å². The molecule has 0 radical (unpaired) electrons. The first kappa shape index (κ1) is 19.3. The molecule has 2 aromatic rings. The van der Waals surface area contributed by atoms with Crippen LogP contribution in [0, 0.1) is 5.82 Å². The van der Waals surface area contributed by atoms with Crippen LogP contribution in [0.15, 0.2) is 23.6 Å². The predicted molar refractivity (Wildman–Crippen MR) is 95.5 cm³/mol. The van der Waals surface area contributed by atoms with Crippen molar-refractivity contribution in [1.29, 1.82) is 0 Å². The van der Waals surface area contributed by atoms with Crippen molar-refractivity contribution in [2.24, 2.45) is 0 Å². The third kappa shape index (κ3) is 4.96. The van der Waals surface area contributed by atoms with Crippen molar-refractivity contribution in [3.63, 3.8) is 0 Å². The molecule has 0 saturated heterocycles. The zero-order valence-corrected chi connectivity index (χ0v) is 15.6. The highest BCUT2D eigenvalue weighted by Crippen LogP contribution is 2.24. The Hall–Kier alpha value is -2.06. The molecule has 0 unspecified atom stereocenters. The molecule has 0 spiro atoms. The van der Waals surface area contributed by atoms with E-state index in [2.05, 4.69) is 14.9 Å². The Balaban J connectivity index is 2.30. The van der Waals surface area contributed by atoms with Crippen LogP contribution in [-0.4, -0.2) is 33.5 Å². The lowest BCUT2D eigenvalue weighted by molar-refractivity contribution is -0.121. The molecule has 0 aliphatic rings. The molecule has 9 heteroatoms. The topological polar surface area (TPSA) is 75.2 Å². The Labute approximate surface area is 154 Å². The molecule has 134 valence electrons. The Morgan fingerprint density at radius 3 is 2.68 bits per heavy atom. The molecule has 0 saturated carbocycles. The van der Waals surface area contributed by atoms with E-state index < -0.39 is 17.3 Å². The van der Waals surface area contributed by atoms with Crippen molar-refractivity contribution in [2.45, 2.75) is 32.7 Å². The second-order valence-corrected chi connectivity index (χ2v) is 7.08. The summed E-state index contributed by atoms with van der Waals surface area (Å²) in [6.45, 7) is 5.47. The molecule has 2 amide bonds. The molecule has 1 aromatic carbocycles. The van der Waals surface area contributed by atoms with Crippen molar-refractivity contribution in [2.75, 3.05) is 11.4 Å². The summed E-state index contributed by atoms with van der Waals surface area (Å²) >= 11 is 6.84. The maximum absolute atomic E-state index is 13.4. The number of hydrogen-bond acceptors (Lipinski definition) is 5. The lowest BCUT2D eigenvalue weighted by atomic mass is 10.0. The molecule has 1 aromatic heterocycles. The molecule has 0 bridgehead atoms. The second-order valence-electron chi connectivity index (χ2n) is 6.07. The van der Waals surface area contributed by atoms with Crippen molar-refractivity contribution in [3.05, 3.63) is 40.1 Å². The van der Waals surface area contributed by atoms with E-state index in [9.17, 15) is 14.0 Å². The summed E-state index contributed by atoms with van der Waals surface area (Å²) in [5, 5.41) is 7.94. The normalized spacial score (nSPS) is 11.2. The van der Waals surface area contributed by atoms with Gasteiger partial charge in [-0.25, -0.2) is 4.39 Å². The smallest absolute Gasteiger partial charge is 0.280 e. The van der Waals surface area contributed by atoms with Crippen LogP contribution in [0.1, 0.15) is 37.7 Å². The minimum atomic E-state index is -0.607. The molecule has 0 fully saturated rings. The van der Waals surface area contributed by atoms with E-state index in [4.69, 9.17) is 11.6 Å². The van der Waals surface area contributed by atoms with Gasteiger partial charge >= 0.3 is 0 Å². The molecule has 0 aliphatic heterocycles. The van der Waals surface area contributed by atoms with E-state index in [1.807, 2.05) is 20.8 Å². The van der Waals surface area contributed by atoms with Crippen molar-refractivity contribution < 1.29 is 14.0 Å². The van der Waals surface area contributed by atoms with Gasteiger partial charge in [0.15, 0.2) is 5.69 Å². The number of rotatable bonds is 6. The van der Waals surface area contributed by atoms with Crippen LogP contribution in [0.25, 0.3) is 0 Å². The average Bonchev–Trinajstić information content (AvgIpc) is 3.09. The minimum absolute atomic E-state index is 0.105. The molecule has 1 N–H and O–H groups in total. The number of carbonyl (C=O) groups excluding carboxylic acids is 2. The quantitative estimate of drug-likeness (QED) is 0.829. The summed E-state index contributed by atoms with van der Waals surface area (Å²) < 4.78 is 17.1. The van der Waals surface area contributed by atoms with Crippen LogP contribution >= 0.6 is 23.1 Å². The fourth-order valence-electron chi connectivity index (χ4n) is 1.98. The molecule has 25 heavy (non-hydrogen) atoms. The summed E-state index contributed by atoms with van der Waals surface area (Å²) in [5.41, 5.74) is -0.00381. The van der Waals surface area contributed by atoms with E-state index in [1.54, 1.807) is 0 Å². The standard InChI is InChI=1S/C16H18ClFN4O2S/c1-4-16(2,3)19-14(23)8-22(15(24)13-9-25-21-20-13)10-5-6-12(18)11(17)7-10/h5-7,9H,4,8H2,1-3H3,(H,19,23). The maximum Gasteiger partial charge on any atom is 0.280 e. The summed E-state index contributed by atoms with van der Waals surface area (Å²) in [6, 6.07) is 3.83. The third-order valence-electron chi connectivity index (χ3n) is 3.70. The Morgan fingerprint density at radius 2 is 2.12 bits per heavy atom. The van der Waals surface area contributed by atoms with Crippen LogP contribution < -0.4 is 10.2 Å². The summed E-state index contributed by atoms with van der Waals surface area (Å²) in [6.07, 6.45) is 0.727. The predicted octanol–water partition coefficient (Wildman–Crippen LogP) is 3.28. The fraction of sp³-hybridized carbons (Fsp3) is 0.375. The molecular formula is C16H18ClFN4O2S. The number of aromatic nitrogens is 2. The Morgan fingerprint density at radius 1 is 1.40 bits per heavy atom. The average molecular weight is 385 g/mol. The zero-order valence-electron chi connectivity index (χ0n) is 14.0.